The fourth-order valence-corrected chi connectivity index (χ4v) is 1.55. The molecule has 0 heterocycles. The van der Waals surface area contributed by atoms with Gasteiger partial charge in [0.1, 0.15) is 0 Å². The largest absolute Gasteiger partial charge is 0.0594 e. The van der Waals surface area contributed by atoms with Crippen LogP contribution in [0.15, 0.2) is 0 Å². The van der Waals surface area contributed by atoms with Gasteiger partial charge in [-0.1, -0.05) is 6.92 Å². The highest BCUT2D eigenvalue weighted by molar-refractivity contribution is 5.06. The second kappa shape index (κ2) is 0.556. The van der Waals surface area contributed by atoms with Crippen molar-refractivity contribution >= 4 is 0 Å². The van der Waals surface area contributed by atoms with Gasteiger partial charge in [-0.05, 0) is 30.6 Å². The molecule has 0 aromatic carbocycles. The van der Waals surface area contributed by atoms with Gasteiger partial charge in [0.2, 0.25) is 0 Å². The third-order valence-electron chi connectivity index (χ3n) is 2.60. The summed E-state index contributed by atoms with van der Waals surface area (Å²) in [6, 6.07) is 0. The number of rotatable bonds is 0. The van der Waals surface area contributed by atoms with Gasteiger partial charge in [-0.3, -0.25) is 0 Å². The maximum Gasteiger partial charge on any atom is -0.0294 e. The predicted molar refractivity (Wildman–Crippen MR) is 25.4 cm³/mol. The van der Waals surface area contributed by atoms with Gasteiger partial charge in [0, 0.05) is 0 Å². The third-order valence-corrected chi connectivity index (χ3v) is 2.60. The van der Waals surface area contributed by atoms with Crippen LogP contribution >= 0.6 is 0 Å². The van der Waals surface area contributed by atoms with Crippen molar-refractivity contribution in [3.63, 3.8) is 0 Å². The molecule has 0 amide bonds. The summed E-state index contributed by atoms with van der Waals surface area (Å²) in [5, 5.41) is 0. The Morgan fingerprint density at radius 3 is 2.33 bits per heavy atom. The van der Waals surface area contributed by atoms with E-state index in [9.17, 15) is 0 Å². The Balaban J connectivity index is 2.22. The molecule has 0 heteroatoms. The van der Waals surface area contributed by atoms with Crippen LogP contribution in [-0.4, -0.2) is 0 Å². The molecule has 1 unspecified atom stereocenters. The molecular weight excluding hydrogens is 72.1 g/mol. The Kier molecular flexibility index (Phi) is 0.283. The van der Waals surface area contributed by atoms with E-state index < -0.39 is 0 Å². The molecule has 0 aromatic heterocycles. The molecule has 0 aliphatic heterocycles. The summed E-state index contributed by atoms with van der Waals surface area (Å²) in [7, 11) is 0. The molecular formula is C6H10. The molecule has 0 saturated heterocycles. The molecule has 0 radical (unpaired) electrons. The summed E-state index contributed by atoms with van der Waals surface area (Å²) in [5.41, 5.74) is 0.889. The lowest BCUT2D eigenvalue weighted by atomic mass is 9.87. The molecule has 0 spiro atoms. The van der Waals surface area contributed by atoms with Crippen molar-refractivity contribution in [3.05, 3.63) is 0 Å². The van der Waals surface area contributed by atoms with Crippen molar-refractivity contribution in [2.45, 2.75) is 26.2 Å². The van der Waals surface area contributed by atoms with Crippen LogP contribution < -0.4 is 0 Å². The van der Waals surface area contributed by atoms with E-state index >= 15 is 0 Å². The van der Waals surface area contributed by atoms with E-state index in [1.54, 1.807) is 6.42 Å². The van der Waals surface area contributed by atoms with E-state index in [1.165, 1.54) is 18.8 Å². The predicted octanol–water partition coefficient (Wildman–Crippen LogP) is 1.81. The summed E-state index contributed by atoms with van der Waals surface area (Å²) in [5.74, 6) is 1.18. The second-order valence-corrected chi connectivity index (χ2v) is 3.09. The van der Waals surface area contributed by atoms with E-state index in [0.717, 1.165) is 5.41 Å². The van der Waals surface area contributed by atoms with E-state index in [1.807, 2.05) is 0 Å². The Morgan fingerprint density at radius 1 is 1.67 bits per heavy atom. The van der Waals surface area contributed by atoms with Gasteiger partial charge in [-0.2, -0.15) is 0 Å². The van der Waals surface area contributed by atoms with Gasteiger partial charge in [-0.25, -0.2) is 0 Å². The highest BCUT2D eigenvalue weighted by Gasteiger charge is 2.56. The van der Waals surface area contributed by atoms with Crippen LogP contribution in [0, 0.1) is 11.3 Å². The first kappa shape index (κ1) is 3.06. The van der Waals surface area contributed by atoms with Gasteiger partial charge >= 0.3 is 0 Å². The van der Waals surface area contributed by atoms with Crippen LogP contribution in [0.4, 0.5) is 0 Å². The molecule has 6 heavy (non-hydrogen) atoms. The zero-order chi connectivity index (χ0) is 4.20. The average Bonchev–Trinajstić information content (AvgIpc) is 1.88. The van der Waals surface area contributed by atoms with Crippen LogP contribution in [0.25, 0.3) is 0 Å². The standard InChI is InChI=1S/C6H10/c1-6-3-2-5(6)4-6/h5H,2-4H2,1H3/t5?,6-/m0/s1. The van der Waals surface area contributed by atoms with Crippen molar-refractivity contribution in [2.75, 3.05) is 0 Å². The van der Waals surface area contributed by atoms with Gasteiger partial charge in [0.25, 0.3) is 0 Å². The first-order chi connectivity index (χ1) is 2.81. The monoisotopic (exact) mass is 82.1 g/mol. The van der Waals surface area contributed by atoms with Crippen molar-refractivity contribution in [2.24, 2.45) is 11.3 Å². The summed E-state index contributed by atoms with van der Waals surface area (Å²) in [4.78, 5) is 0. The lowest BCUT2D eigenvalue weighted by Crippen LogP contribution is -2.07. The highest BCUT2D eigenvalue weighted by atomic mass is 14.6. The number of fused-ring (bicyclic) bond motifs is 1. The molecule has 2 atom stereocenters. The maximum absolute atomic E-state index is 2.40. The second-order valence-electron chi connectivity index (χ2n) is 3.09. The number of hydrogen-bond acceptors (Lipinski definition) is 0. The normalized spacial score (nSPS) is 62.5. The average molecular weight is 82.1 g/mol. The Bertz CT molecular complexity index is 82.0. The summed E-state index contributed by atoms with van der Waals surface area (Å²) >= 11 is 0. The summed E-state index contributed by atoms with van der Waals surface area (Å²) < 4.78 is 0. The van der Waals surface area contributed by atoms with Crippen molar-refractivity contribution < 1.29 is 0 Å². The minimum absolute atomic E-state index is 0.889. The number of hydrogen-bond donors (Lipinski definition) is 0. The Hall–Kier alpha value is 0. The lowest BCUT2D eigenvalue weighted by Gasteiger charge is -2.18. The minimum atomic E-state index is 0.889. The van der Waals surface area contributed by atoms with Gasteiger partial charge in [0.15, 0.2) is 0 Å². The Morgan fingerprint density at radius 2 is 2.33 bits per heavy atom. The highest BCUT2D eigenvalue weighted by Crippen LogP contribution is 2.67. The van der Waals surface area contributed by atoms with Gasteiger partial charge in [-0.15, -0.1) is 0 Å². The van der Waals surface area contributed by atoms with E-state index in [0.29, 0.717) is 0 Å². The molecule has 2 saturated carbocycles. The fraction of sp³-hybridized carbons (Fsp3) is 1.00. The van der Waals surface area contributed by atoms with Crippen molar-refractivity contribution in [1.29, 1.82) is 0 Å². The topological polar surface area (TPSA) is 0 Å². The SMILES string of the molecule is C[C@@]12CCC1C2. The molecule has 0 bridgehead atoms. The van der Waals surface area contributed by atoms with Crippen molar-refractivity contribution in [1.82, 2.24) is 0 Å². The summed E-state index contributed by atoms with van der Waals surface area (Å²) in [6.07, 6.45) is 4.61. The molecule has 34 valence electrons. The van der Waals surface area contributed by atoms with Crippen LogP contribution in [0.2, 0.25) is 0 Å². The van der Waals surface area contributed by atoms with Crippen LogP contribution in [0.3, 0.4) is 0 Å². The van der Waals surface area contributed by atoms with Gasteiger partial charge in [0.05, 0.1) is 0 Å². The quantitative estimate of drug-likeness (QED) is 0.418. The summed E-state index contributed by atoms with van der Waals surface area (Å²) in [6.45, 7) is 2.40. The van der Waals surface area contributed by atoms with E-state index in [2.05, 4.69) is 6.92 Å². The molecule has 0 N–H and O–H groups in total. The molecule has 2 aliphatic carbocycles. The molecule has 2 aliphatic rings. The molecule has 2 fully saturated rings. The smallest absolute Gasteiger partial charge is 0.0294 e. The molecule has 2 rings (SSSR count). The van der Waals surface area contributed by atoms with E-state index in [4.69, 9.17) is 0 Å². The molecule has 0 nitrogen and oxygen atoms in total. The minimum Gasteiger partial charge on any atom is -0.0594 e. The van der Waals surface area contributed by atoms with Crippen LogP contribution in [-0.2, 0) is 0 Å². The van der Waals surface area contributed by atoms with E-state index in [-0.39, 0.29) is 0 Å². The third kappa shape index (κ3) is 0.160. The zero-order valence-corrected chi connectivity index (χ0v) is 4.20. The van der Waals surface area contributed by atoms with Crippen LogP contribution in [0.5, 0.6) is 0 Å². The van der Waals surface area contributed by atoms with Gasteiger partial charge < -0.3 is 0 Å². The first-order valence-corrected chi connectivity index (χ1v) is 2.81. The molecule has 0 aromatic rings. The lowest BCUT2D eigenvalue weighted by molar-refractivity contribution is 0.325. The first-order valence-electron chi connectivity index (χ1n) is 2.81. The van der Waals surface area contributed by atoms with Crippen molar-refractivity contribution in [3.8, 4) is 0 Å². The Labute approximate surface area is 38.6 Å². The fourth-order valence-electron chi connectivity index (χ4n) is 1.55. The zero-order valence-electron chi connectivity index (χ0n) is 4.20. The van der Waals surface area contributed by atoms with Crippen LogP contribution in [0.1, 0.15) is 26.2 Å². The maximum atomic E-state index is 2.40.